The van der Waals surface area contributed by atoms with Gasteiger partial charge in [-0.15, -0.1) is 0 Å². The van der Waals surface area contributed by atoms with E-state index in [1.54, 1.807) is 0 Å². The summed E-state index contributed by atoms with van der Waals surface area (Å²) in [6.07, 6.45) is 0.0546. The standard InChI is InChI=1S/C19H20N2O3/c1-14-7-9-16(10-8-14)18-11-17(24-21-18)12-20-19(22)23-13-15-5-3-2-4-6-15/h2-10,17H,11-13H2,1H3,(H,20,22). The first kappa shape index (κ1) is 16.1. The van der Waals surface area contributed by atoms with Crippen molar-refractivity contribution in [2.75, 3.05) is 6.54 Å². The molecule has 1 amide bonds. The van der Waals surface area contributed by atoms with Crippen LogP contribution in [0.15, 0.2) is 59.8 Å². The number of alkyl carbamates (subject to hydrolysis) is 1. The summed E-state index contributed by atoms with van der Waals surface area (Å²) in [7, 11) is 0. The Balaban J connectivity index is 1.40. The van der Waals surface area contributed by atoms with Gasteiger partial charge in [-0.25, -0.2) is 4.79 Å². The monoisotopic (exact) mass is 324 g/mol. The highest BCUT2D eigenvalue weighted by atomic mass is 16.6. The Morgan fingerprint density at radius 1 is 1.21 bits per heavy atom. The van der Waals surface area contributed by atoms with Crippen molar-refractivity contribution in [3.63, 3.8) is 0 Å². The molecule has 1 N–H and O–H groups in total. The van der Waals surface area contributed by atoms with Crippen LogP contribution in [0.2, 0.25) is 0 Å². The molecule has 3 rings (SSSR count). The molecule has 124 valence electrons. The molecular formula is C19H20N2O3. The van der Waals surface area contributed by atoms with Crippen molar-refractivity contribution < 1.29 is 14.4 Å². The number of hydrogen-bond donors (Lipinski definition) is 1. The topological polar surface area (TPSA) is 59.9 Å². The molecule has 2 aromatic rings. The summed E-state index contributed by atoms with van der Waals surface area (Å²) in [5.41, 5.74) is 4.11. The van der Waals surface area contributed by atoms with Crippen LogP contribution in [0.3, 0.4) is 0 Å². The van der Waals surface area contributed by atoms with E-state index < -0.39 is 6.09 Å². The second-order valence-corrected chi connectivity index (χ2v) is 5.78. The van der Waals surface area contributed by atoms with Crippen LogP contribution in [0.1, 0.15) is 23.1 Å². The molecule has 0 bridgehead atoms. The lowest BCUT2D eigenvalue weighted by atomic mass is 10.0. The largest absolute Gasteiger partial charge is 0.445 e. The lowest BCUT2D eigenvalue weighted by molar-refractivity contribution is 0.0797. The average molecular weight is 324 g/mol. The molecule has 0 radical (unpaired) electrons. The van der Waals surface area contributed by atoms with Gasteiger partial charge in [0, 0.05) is 6.42 Å². The molecule has 24 heavy (non-hydrogen) atoms. The molecule has 0 saturated heterocycles. The van der Waals surface area contributed by atoms with Crippen molar-refractivity contribution in [2.45, 2.75) is 26.1 Å². The Morgan fingerprint density at radius 2 is 1.96 bits per heavy atom. The molecule has 0 spiro atoms. The number of benzene rings is 2. The second kappa shape index (κ2) is 7.64. The number of amides is 1. The third-order valence-electron chi connectivity index (χ3n) is 3.80. The smallest absolute Gasteiger partial charge is 0.407 e. The van der Waals surface area contributed by atoms with Crippen LogP contribution in [0.5, 0.6) is 0 Å². The van der Waals surface area contributed by atoms with Gasteiger partial charge < -0.3 is 14.9 Å². The maximum atomic E-state index is 11.7. The minimum atomic E-state index is -0.453. The van der Waals surface area contributed by atoms with Crippen LogP contribution in [0, 0.1) is 6.92 Å². The lowest BCUT2D eigenvalue weighted by Gasteiger charge is -2.10. The summed E-state index contributed by atoms with van der Waals surface area (Å²) in [5, 5.41) is 6.83. The van der Waals surface area contributed by atoms with Crippen molar-refractivity contribution in [1.82, 2.24) is 5.32 Å². The Kier molecular flexibility index (Phi) is 5.11. The molecule has 5 heteroatoms. The molecular weight excluding hydrogens is 304 g/mol. The van der Waals surface area contributed by atoms with Gasteiger partial charge in [0.2, 0.25) is 0 Å². The van der Waals surface area contributed by atoms with Gasteiger partial charge in [-0.05, 0) is 18.1 Å². The Hall–Kier alpha value is -2.82. The number of ether oxygens (including phenoxy) is 1. The second-order valence-electron chi connectivity index (χ2n) is 5.78. The van der Waals surface area contributed by atoms with Crippen molar-refractivity contribution in [3.05, 3.63) is 71.3 Å². The van der Waals surface area contributed by atoms with E-state index >= 15 is 0 Å². The first-order chi connectivity index (χ1) is 11.7. The van der Waals surface area contributed by atoms with E-state index in [4.69, 9.17) is 9.57 Å². The van der Waals surface area contributed by atoms with Gasteiger partial charge >= 0.3 is 6.09 Å². The maximum absolute atomic E-state index is 11.7. The molecule has 1 aliphatic rings. The summed E-state index contributed by atoms with van der Waals surface area (Å²) < 4.78 is 5.17. The van der Waals surface area contributed by atoms with Crippen molar-refractivity contribution >= 4 is 11.8 Å². The van der Waals surface area contributed by atoms with Gasteiger partial charge in [-0.2, -0.15) is 0 Å². The SMILES string of the molecule is Cc1ccc(C2=NOC(CNC(=O)OCc3ccccc3)C2)cc1. The van der Waals surface area contributed by atoms with Crippen LogP contribution in [-0.4, -0.2) is 24.5 Å². The number of oxime groups is 1. The molecule has 0 fully saturated rings. The van der Waals surface area contributed by atoms with Crippen LogP contribution >= 0.6 is 0 Å². The summed E-state index contributed by atoms with van der Waals surface area (Å²) in [4.78, 5) is 17.1. The van der Waals surface area contributed by atoms with Gasteiger partial charge in [0.15, 0.2) is 6.10 Å². The zero-order chi connectivity index (χ0) is 16.8. The lowest BCUT2D eigenvalue weighted by Crippen LogP contribution is -2.32. The quantitative estimate of drug-likeness (QED) is 0.917. The zero-order valence-electron chi connectivity index (χ0n) is 13.6. The summed E-state index contributed by atoms with van der Waals surface area (Å²) in [6, 6.07) is 17.7. The van der Waals surface area contributed by atoms with Gasteiger partial charge in [0.25, 0.3) is 0 Å². The fourth-order valence-electron chi connectivity index (χ4n) is 2.43. The third kappa shape index (κ3) is 4.35. The Labute approximate surface area is 141 Å². The summed E-state index contributed by atoms with van der Waals surface area (Å²) in [5.74, 6) is 0. The van der Waals surface area contributed by atoms with Crippen LogP contribution in [0.25, 0.3) is 0 Å². The van der Waals surface area contributed by atoms with Crippen molar-refractivity contribution in [3.8, 4) is 0 Å². The van der Waals surface area contributed by atoms with E-state index in [1.807, 2.05) is 61.5 Å². The molecule has 1 heterocycles. The Morgan fingerprint density at radius 3 is 2.71 bits per heavy atom. The van der Waals surface area contributed by atoms with E-state index in [9.17, 15) is 4.79 Å². The number of aryl methyl sites for hydroxylation is 1. The minimum Gasteiger partial charge on any atom is -0.445 e. The molecule has 0 aromatic heterocycles. The highest BCUT2D eigenvalue weighted by Crippen LogP contribution is 2.16. The number of nitrogens with one attached hydrogen (secondary N) is 1. The fraction of sp³-hybridized carbons (Fsp3) is 0.263. The van der Waals surface area contributed by atoms with Gasteiger partial charge in [0.05, 0.1) is 12.3 Å². The highest BCUT2D eigenvalue weighted by Gasteiger charge is 2.22. The van der Waals surface area contributed by atoms with Crippen LogP contribution in [0.4, 0.5) is 4.79 Å². The number of carbonyl (C=O) groups is 1. The first-order valence-corrected chi connectivity index (χ1v) is 7.95. The molecule has 0 saturated carbocycles. The highest BCUT2D eigenvalue weighted by molar-refractivity contribution is 6.01. The van der Waals surface area contributed by atoms with Crippen LogP contribution in [-0.2, 0) is 16.2 Å². The first-order valence-electron chi connectivity index (χ1n) is 7.95. The van der Waals surface area contributed by atoms with Gasteiger partial charge in [0.1, 0.15) is 6.61 Å². The normalized spacial score (nSPS) is 16.2. The molecule has 1 aliphatic heterocycles. The van der Waals surface area contributed by atoms with E-state index in [-0.39, 0.29) is 12.7 Å². The maximum Gasteiger partial charge on any atom is 0.407 e. The number of rotatable bonds is 5. The van der Waals surface area contributed by atoms with E-state index in [1.165, 1.54) is 5.56 Å². The summed E-state index contributed by atoms with van der Waals surface area (Å²) >= 11 is 0. The molecule has 2 aromatic carbocycles. The zero-order valence-corrected chi connectivity index (χ0v) is 13.6. The predicted molar refractivity (Wildman–Crippen MR) is 91.8 cm³/mol. The summed E-state index contributed by atoms with van der Waals surface area (Å²) in [6.45, 7) is 2.67. The van der Waals surface area contributed by atoms with E-state index in [0.29, 0.717) is 13.0 Å². The van der Waals surface area contributed by atoms with Crippen molar-refractivity contribution in [2.24, 2.45) is 5.16 Å². The van der Waals surface area contributed by atoms with E-state index in [2.05, 4.69) is 10.5 Å². The third-order valence-corrected chi connectivity index (χ3v) is 3.80. The number of hydrogen-bond acceptors (Lipinski definition) is 4. The molecule has 1 unspecified atom stereocenters. The average Bonchev–Trinajstić information content (AvgIpc) is 3.09. The van der Waals surface area contributed by atoms with E-state index in [0.717, 1.165) is 16.8 Å². The van der Waals surface area contributed by atoms with Crippen LogP contribution < -0.4 is 5.32 Å². The molecule has 0 aliphatic carbocycles. The van der Waals surface area contributed by atoms with Crippen molar-refractivity contribution in [1.29, 1.82) is 0 Å². The minimum absolute atomic E-state index is 0.162. The number of carbonyl (C=O) groups excluding carboxylic acids is 1. The molecule has 1 atom stereocenters. The fourth-order valence-corrected chi connectivity index (χ4v) is 2.43. The Bertz CT molecular complexity index is 711. The van der Waals surface area contributed by atoms with Gasteiger partial charge in [-0.3, -0.25) is 0 Å². The number of nitrogens with zero attached hydrogens (tertiary/aromatic N) is 1. The predicted octanol–water partition coefficient (Wildman–Crippen LogP) is 3.41. The van der Waals surface area contributed by atoms with Gasteiger partial charge in [-0.1, -0.05) is 65.3 Å². The molecule has 5 nitrogen and oxygen atoms in total.